The molecule has 0 aliphatic heterocycles. The summed E-state index contributed by atoms with van der Waals surface area (Å²) in [6.07, 6.45) is 6.03. The van der Waals surface area contributed by atoms with E-state index in [4.69, 9.17) is 0 Å². The minimum Gasteiger partial charge on any atom is -0.418 e. The van der Waals surface area contributed by atoms with Crippen molar-refractivity contribution in [1.82, 2.24) is 0 Å². The molecule has 0 unspecified atom stereocenters. The Morgan fingerprint density at radius 3 is 1.13 bits per heavy atom. The molecule has 88 valence electrons. The molecule has 0 saturated carbocycles. The van der Waals surface area contributed by atoms with Gasteiger partial charge in [0.1, 0.15) is 0 Å². The molecule has 0 bridgehead atoms. The molecule has 0 radical (unpaired) electrons. The van der Waals surface area contributed by atoms with E-state index in [1.54, 1.807) is 0 Å². The van der Waals surface area contributed by atoms with Gasteiger partial charge in [-0.05, 0) is 0 Å². The molecule has 0 aliphatic rings. The number of hydrogen-bond donors (Lipinski definition) is 0. The number of halogens is 4. The summed E-state index contributed by atoms with van der Waals surface area (Å²) in [6.45, 7) is 11.2. The molecule has 0 rings (SSSR count). The summed E-state index contributed by atoms with van der Waals surface area (Å²) in [7, 11) is -6.00. The van der Waals surface area contributed by atoms with Crippen molar-refractivity contribution < 1.29 is 17.3 Å². The van der Waals surface area contributed by atoms with Gasteiger partial charge in [0.15, 0.2) is 0 Å². The van der Waals surface area contributed by atoms with E-state index >= 15 is 0 Å². The molecule has 0 fully saturated rings. The molecule has 0 aliphatic carbocycles. The van der Waals surface area contributed by atoms with Crippen molar-refractivity contribution in [3.8, 4) is 0 Å². The normalized spacial score (nSPS) is 10.2. The quantitative estimate of drug-likeness (QED) is 0.387. The summed E-state index contributed by atoms with van der Waals surface area (Å²) in [5.74, 6) is 0. The smallest absolute Gasteiger partial charge is 0.418 e. The second-order valence-electron chi connectivity index (χ2n) is 2.47. The summed E-state index contributed by atoms with van der Waals surface area (Å²) < 4.78 is 39.0. The van der Waals surface area contributed by atoms with Crippen LogP contribution in [0.3, 0.4) is 0 Å². The SMILES string of the molecule is C=CC[Se+](CC=C)CC=C.F[B-](F)(F)F. The first-order chi connectivity index (χ1) is 6.85. The molecule has 0 nitrogen and oxygen atoms in total. The zero-order chi connectivity index (χ0) is 12.3. The standard InChI is InChI=1S/C9H15Se.BF4/c1-4-7-10(8-5-2)9-6-3;2-1(3,4)5/h4-6H,1-3,7-9H2;/q+1;-1. The van der Waals surface area contributed by atoms with Crippen LogP contribution < -0.4 is 0 Å². The Bertz CT molecular complexity index is 161. The first-order valence-electron chi connectivity index (χ1n) is 4.19. The Morgan fingerprint density at radius 2 is 1.00 bits per heavy atom. The van der Waals surface area contributed by atoms with Gasteiger partial charge in [-0.3, -0.25) is 0 Å². The van der Waals surface area contributed by atoms with Crippen molar-refractivity contribution >= 4 is 21.2 Å². The minimum atomic E-state index is -6.00. The Morgan fingerprint density at radius 1 is 0.800 bits per heavy atom. The molecule has 0 aromatic rings. The molecule has 15 heavy (non-hydrogen) atoms. The fourth-order valence-corrected chi connectivity index (χ4v) is 3.66. The monoisotopic (exact) mass is 290 g/mol. The van der Waals surface area contributed by atoms with E-state index in [2.05, 4.69) is 19.7 Å². The molecule has 0 heterocycles. The molecule has 0 spiro atoms. The average molecular weight is 289 g/mol. The van der Waals surface area contributed by atoms with Gasteiger partial charge in [0, 0.05) is 0 Å². The molecular formula is C9H15BF4Se. The maximum atomic E-state index is 9.75. The van der Waals surface area contributed by atoms with Crippen LogP contribution >= 0.6 is 0 Å². The third-order valence-corrected chi connectivity index (χ3v) is 5.51. The average Bonchev–Trinajstić information content (AvgIpc) is 2.02. The largest absolute Gasteiger partial charge is 0.673 e. The summed E-state index contributed by atoms with van der Waals surface area (Å²) >= 11 is -0.462. The Hall–Kier alpha value is -0.476. The van der Waals surface area contributed by atoms with Crippen LogP contribution in [0.15, 0.2) is 38.0 Å². The van der Waals surface area contributed by atoms with Crippen LogP contribution in [-0.4, -0.2) is 21.2 Å². The van der Waals surface area contributed by atoms with Gasteiger partial charge >= 0.3 is 75.1 Å². The predicted octanol–water partition coefficient (Wildman–Crippen LogP) is 4.34. The second-order valence-corrected chi connectivity index (χ2v) is 7.14. The molecule has 0 amide bonds. The van der Waals surface area contributed by atoms with Gasteiger partial charge in [-0.25, -0.2) is 0 Å². The molecular weight excluding hydrogens is 274 g/mol. The van der Waals surface area contributed by atoms with Gasteiger partial charge in [-0.1, -0.05) is 0 Å². The minimum absolute atomic E-state index is 0.462. The molecule has 0 aromatic carbocycles. The molecule has 0 N–H and O–H groups in total. The van der Waals surface area contributed by atoms with Crippen molar-refractivity contribution in [3.63, 3.8) is 0 Å². The van der Waals surface area contributed by atoms with Crippen molar-refractivity contribution in [1.29, 1.82) is 0 Å². The summed E-state index contributed by atoms with van der Waals surface area (Å²) in [6, 6.07) is 0. The third-order valence-electron chi connectivity index (χ3n) is 1.06. The fraction of sp³-hybridized carbons (Fsp3) is 0.333. The van der Waals surface area contributed by atoms with E-state index in [-0.39, 0.29) is 0 Å². The van der Waals surface area contributed by atoms with E-state index in [9.17, 15) is 17.3 Å². The molecule has 0 aromatic heterocycles. The van der Waals surface area contributed by atoms with Gasteiger partial charge in [0.05, 0.1) is 0 Å². The number of hydrogen-bond acceptors (Lipinski definition) is 0. The molecule has 0 saturated heterocycles. The van der Waals surface area contributed by atoms with Gasteiger partial charge in [0.25, 0.3) is 0 Å². The fourth-order valence-electron chi connectivity index (χ4n) is 0.704. The zero-order valence-electron chi connectivity index (χ0n) is 8.47. The van der Waals surface area contributed by atoms with Crippen molar-refractivity contribution in [2.45, 2.75) is 16.0 Å². The Labute approximate surface area is 92.7 Å². The van der Waals surface area contributed by atoms with Crippen LogP contribution in [0.1, 0.15) is 0 Å². The molecule has 6 heteroatoms. The van der Waals surface area contributed by atoms with E-state index in [0.717, 1.165) is 0 Å². The van der Waals surface area contributed by atoms with Crippen LogP contribution in [0.5, 0.6) is 0 Å². The molecule has 0 atom stereocenters. The first kappa shape index (κ1) is 16.9. The van der Waals surface area contributed by atoms with Gasteiger partial charge in [-0.15, -0.1) is 0 Å². The zero-order valence-corrected chi connectivity index (χ0v) is 10.2. The number of rotatable bonds is 6. The maximum Gasteiger partial charge on any atom is 0.673 e. The first-order valence-corrected chi connectivity index (χ1v) is 7.82. The summed E-state index contributed by atoms with van der Waals surface area (Å²) in [4.78, 5) is 0. The van der Waals surface area contributed by atoms with Gasteiger partial charge < -0.3 is 17.3 Å². The predicted molar refractivity (Wildman–Crippen MR) is 61.0 cm³/mol. The van der Waals surface area contributed by atoms with Crippen molar-refractivity contribution in [3.05, 3.63) is 38.0 Å². The number of allylic oxidation sites excluding steroid dienone is 3. The third kappa shape index (κ3) is 24.7. The van der Waals surface area contributed by atoms with Gasteiger partial charge in [0.2, 0.25) is 0 Å². The van der Waals surface area contributed by atoms with Crippen LogP contribution in [0.4, 0.5) is 17.3 Å². The van der Waals surface area contributed by atoms with Crippen molar-refractivity contribution in [2.75, 3.05) is 0 Å². The Kier molecular flexibility index (Phi) is 11.4. The second kappa shape index (κ2) is 10.1. The Balaban J connectivity index is 0. The van der Waals surface area contributed by atoms with E-state index in [0.29, 0.717) is 0 Å². The maximum absolute atomic E-state index is 9.75. The van der Waals surface area contributed by atoms with Crippen LogP contribution in [0.25, 0.3) is 0 Å². The van der Waals surface area contributed by atoms with E-state index in [1.807, 2.05) is 18.2 Å². The van der Waals surface area contributed by atoms with Gasteiger partial charge in [-0.2, -0.15) is 0 Å². The van der Waals surface area contributed by atoms with Crippen molar-refractivity contribution in [2.24, 2.45) is 0 Å². The van der Waals surface area contributed by atoms with Crippen LogP contribution in [0.2, 0.25) is 16.0 Å². The summed E-state index contributed by atoms with van der Waals surface area (Å²) in [5.41, 5.74) is 0. The van der Waals surface area contributed by atoms with E-state index < -0.39 is 21.2 Å². The summed E-state index contributed by atoms with van der Waals surface area (Å²) in [5, 5.41) is 3.58. The topological polar surface area (TPSA) is 0 Å². The van der Waals surface area contributed by atoms with Crippen LogP contribution in [0, 0.1) is 0 Å². The van der Waals surface area contributed by atoms with Crippen LogP contribution in [-0.2, 0) is 0 Å². The van der Waals surface area contributed by atoms with E-state index in [1.165, 1.54) is 16.0 Å².